The van der Waals surface area contributed by atoms with Crippen LogP contribution in [-0.4, -0.2) is 31.4 Å². The Hall–Kier alpha value is -2.40. The zero-order valence-electron chi connectivity index (χ0n) is 22.3. The smallest absolute Gasteiger partial charge is 0.250 e. The maximum atomic E-state index is 10.6. The van der Waals surface area contributed by atoms with E-state index in [1.54, 1.807) is 26.4 Å². The number of halogens is 1. The minimum Gasteiger partial charge on any atom is -0.385 e. The highest BCUT2D eigenvalue weighted by Crippen LogP contribution is 2.35. The van der Waals surface area contributed by atoms with Gasteiger partial charge in [-0.15, -0.1) is 0 Å². The summed E-state index contributed by atoms with van der Waals surface area (Å²) in [6.07, 6.45) is 9.90. The molecule has 1 fully saturated rings. The van der Waals surface area contributed by atoms with Crippen molar-refractivity contribution in [3.8, 4) is 0 Å². The van der Waals surface area contributed by atoms with Gasteiger partial charge in [0.15, 0.2) is 0 Å². The molecule has 1 aromatic heterocycles. The van der Waals surface area contributed by atoms with Crippen LogP contribution in [0.2, 0.25) is 5.02 Å². The second kappa shape index (κ2) is 17.1. The zero-order chi connectivity index (χ0) is 26.2. The summed E-state index contributed by atoms with van der Waals surface area (Å²) in [6, 6.07) is 11.6. The van der Waals surface area contributed by atoms with Gasteiger partial charge in [-0.05, 0) is 68.0 Å². The van der Waals surface area contributed by atoms with Crippen LogP contribution in [0.1, 0.15) is 57.6 Å². The molecule has 1 aromatic carbocycles. The number of aryl methyl sites for hydroxylation is 1. The fourth-order valence-electron chi connectivity index (χ4n) is 3.75. The van der Waals surface area contributed by atoms with Gasteiger partial charge in [-0.1, -0.05) is 74.0 Å². The highest BCUT2D eigenvalue weighted by atomic mass is 35.5. The molecule has 4 nitrogen and oxygen atoms in total. The van der Waals surface area contributed by atoms with Crippen LogP contribution in [0.4, 0.5) is 0 Å². The first kappa shape index (κ1) is 30.6. The Kier molecular flexibility index (Phi) is 15.0. The van der Waals surface area contributed by atoms with E-state index in [1.807, 2.05) is 25.1 Å². The molecule has 1 aliphatic rings. The number of nitrogens with zero attached hydrogens (tertiary/aromatic N) is 1. The summed E-state index contributed by atoms with van der Waals surface area (Å²) >= 11 is 6.66. The average molecular weight is 499 g/mol. The van der Waals surface area contributed by atoms with Crippen molar-refractivity contribution in [2.75, 3.05) is 26.8 Å². The molecule has 0 aliphatic carbocycles. The van der Waals surface area contributed by atoms with Crippen LogP contribution in [0, 0.1) is 5.92 Å². The number of ether oxygens (including phenoxy) is 1. The number of aromatic nitrogens is 1. The van der Waals surface area contributed by atoms with Crippen molar-refractivity contribution in [2.45, 2.75) is 46.5 Å². The standard InChI is InChI=1S/C21H28ClN.C6H7NO.C3H8O/c1-5-7-8-18(15(3)6-2)17-9-10-19(21(22)13-17)20-14-23-12-11-16(20)4;1-7-5-3-2-4-6(7)8;1-3-4-2/h5,7-10,13,16,20,23H,1,6,11-12,14H2,2-4H3;2-5H,1H3;3H2,1-2H3/b8-7-,18-15-;;/t16?,20-;;/m0../s1. The second-order valence-electron chi connectivity index (χ2n) is 8.68. The van der Waals surface area contributed by atoms with Crippen LogP contribution in [0.15, 0.2) is 77.8 Å². The van der Waals surface area contributed by atoms with Gasteiger partial charge < -0.3 is 14.6 Å². The first-order valence-electron chi connectivity index (χ1n) is 12.4. The maximum Gasteiger partial charge on any atom is 0.250 e. The van der Waals surface area contributed by atoms with Crippen LogP contribution < -0.4 is 10.9 Å². The summed E-state index contributed by atoms with van der Waals surface area (Å²) in [5, 5.41) is 4.38. The quantitative estimate of drug-likeness (QED) is 0.435. The summed E-state index contributed by atoms with van der Waals surface area (Å²) in [7, 11) is 3.41. The number of nitrogens with one attached hydrogen (secondary N) is 1. The second-order valence-corrected chi connectivity index (χ2v) is 9.09. The molecule has 2 atom stereocenters. The first-order valence-corrected chi connectivity index (χ1v) is 12.8. The van der Waals surface area contributed by atoms with Gasteiger partial charge >= 0.3 is 0 Å². The van der Waals surface area contributed by atoms with Crippen LogP contribution in [-0.2, 0) is 11.8 Å². The van der Waals surface area contributed by atoms with Gasteiger partial charge in [0.25, 0.3) is 0 Å². The molecule has 0 amide bonds. The maximum absolute atomic E-state index is 10.6. The van der Waals surface area contributed by atoms with E-state index in [1.165, 1.54) is 39.3 Å². The van der Waals surface area contributed by atoms with E-state index >= 15 is 0 Å². The molecule has 1 unspecified atom stereocenters. The molecule has 2 heterocycles. The lowest BCUT2D eigenvalue weighted by atomic mass is 9.82. The summed E-state index contributed by atoms with van der Waals surface area (Å²) in [4.78, 5) is 10.6. The van der Waals surface area contributed by atoms with Gasteiger partial charge in [0.05, 0.1) is 0 Å². The number of pyridine rings is 1. The van der Waals surface area contributed by atoms with Gasteiger partial charge in [-0.3, -0.25) is 4.79 Å². The molecule has 3 rings (SSSR count). The van der Waals surface area contributed by atoms with E-state index in [4.69, 9.17) is 11.6 Å². The van der Waals surface area contributed by atoms with Crippen LogP contribution in [0.3, 0.4) is 0 Å². The third-order valence-electron chi connectivity index (χ3n) is 6.22. The number of piperidine rings is 1. The lowest BCUT2D eigenvalue weighted by Crippen LogP contribution is -2.33. The molecule has 0 saturated carbocycles. The SMILES string of the molecule is C=C/C=C\C(=C(/C)CC)c1ccc([C@H]2CNCCC2C)c(Cl)c1.CCOC.Cn1ccccc1=O. The summed E-state index contributed by atoms with van der Waals surface area (Å²) in [5.41, 5.74) is 5.10. The fraction of sp³-hybridized carbons (Fsp3) is 0.433. The van der Waals surface area contributed by atoms with Crippen LogP contribution >= 0.6 is 11.6 Å². The number of allylic oxidation sites excluding steroid dienone is 5. The number of benzene rings is 1. The molecule has 0 bridgehead atoms. The van der Waals surface area contributed by atoms with E-state index in [0.29, 0.717) is 11.8 Å². The van der Waals surface area contributed by atoms with Crippen LogP contribution in [0.5, 0.6) is 0 Å². The lowest BCUT2D eigenvalue weighted by molar-refractivity contribution is 0.215. The Labute approximate surface area is 217 Å². The molecular weight excluding hydrogens is 456 g/mol. The highest BCUT2D eigenvalue weighted by Gasteiger charge is 2.24. The number of hydrogen-bond donors (Lipinski definition) is 1. The summed E-state index contributed by atoms with van der Waals surface area (Å²) in [6.45, 7) is 15.4. The summed E-state index contributed by atoms with van der Waals surface area (Å²) in [5.74, 6) is 1.18. The number of hydrogen-bond acceptors (Lipinski definition) is 3. The van der Waals surface area contributed by atoms with Gasteiger partial charge in [-0.2, -0.15) is 0 Å². The third kappa shape index (κ3) is 10.4. The van der Waals surface area contributed by atoms with Crippen molar-refractivity contribution in [1.82, 2.24) is 9.88 Å². The van der Waals surface area contributed by atoms with Gasteiger partial charge in [0.1, 0.15) is 0 Å². The molecule has 0 radical (unpaired) electrons. The highest BCUT2D eigenvalue weighted by molar-refractivity contribution is 6.31. The molecule has 35 heavy (non-hydrogen) atoms. The van der Waals surface area contributed by atoms with Crippen LogP contribution in [0.25, 0.3) is 5.57 Å². The molecular formula is C30H43ClN2O2. The lowest BCUT2D eigenvalue weighted by Gasteiger charge is -2.30. The van der Waals surface area contributed by atoms with Crippen molar-refractivity contribution < 1.29 is 4.74 Å². The van der Waals surface area contributed by atoms with E-state index in [2.05, 4.69) is 61.7 Å². The predicted octanol–water partition coefficient (Wildman–Crippen LogP) is 7.02. The van der Waals surface area contributed by atoms with Crippen molar-refractivity contribution in [2.24, 2.45) is 13.0 Å². The average Bonchev–Trinajstić information content (AvgIpc) is 2.87. The van der Waals surface area contributed by atoms with Crippen molar-refractivity contribution in [3.05, 3.63) is 99.5 Å². The fourth-order valence-corrected chi connectivity index (χ4v) is 4.07. The minimum absolute atomic E-state index is 0.0347. The Bertz CT molecular complexity index is 1020. The molecule has 2 aromatic rings. The zero-order valence-corrected chi connectivity index (χ0v) is 23.1. The molecule has 192 valence electrons. The van der Waals surface area contributed by atoms with Crippen molar-refractivity contribution in [3.63, 3.8) is 0 Å². The molecule has 5 heteroatoms. The third-order valence-corrected chi connectivity index (χ3v) is 6.55. The van der Waals surface area contributed by atoms with E-state index in [0.717, 1.165) is 31.1 Å². The van der Waals surface area contributed by atoms with Gasteiger partial charge in [-0.25, -0.2) is 0 Å². The Balaban J connectivity index is 0.000000419. The Morgan fingerprint density at radius 3 is 2.49 bits per heavy atom. The van der Waals surface area contributed by atoms with Crippen molar-refractivity contribution >= 4 is 17.2 Å². The van der Waals surface area contributed by atoms with Gasteiger partial charge in [0.2, 0.25) is 5.56 Å². The molecule has 1 aliphatic heterocycles. The van der Waals surface area contributed by atoms with E-state index < -0.39 is 0 Å². The van der Waals surface area contributed by atoms with E-state index in [-0.39, 0.29) is 5.56 Å². The largest absolute Gasteiger partial charge is 0.385 e. The topological polar surface area (TPSA) is 43.3 Å². The van der Waals surface area contributed by atoms with Gasteiger partial charge in [0, 0.05) is 50.5 Å². The number of methoxy groups -OCH3 is 1. The molecule has 1 saturated heterocycles. The Morgan fingerprint density at radius 1 is 1.29 bits per heavy atom. The summed E-state index contributed by atoms with van der Waals surface area (Å²) < 4.78 is 6.07. The normalized spacial score (nSPS) is 18.0. The first-order chi connectivity index (χ1) is 16.8. The number of rotatable bonds is 6. The van der Waals surface area contributed by atoms with Crippen molar-refractivity contribution in [1.29, 1.82) is 0 Å². The molecule has 0 spiro atoms. The molecule has 1 N–H and O–H groups in total. The minimum atomic E-state index is 0.0347. The Morgan fingerprint density at radius 2 is 2.00 bits per heavy atom. The predicted molar refractivity (Wildman–Crippen MR) is 152 cm³/mol. The van der Waals surface area contributed by atoms with E-state index in [9.17, 15) is 4.79 Å². The monoisotopic (exact) mass is 498 g/mol.